The van der Waals surface area contributed by atoms with Gasteiger partial charge in [0.1, 0.15) is 11.6 Å². The fourth-order valence-electron chi connectivity index (χ4n) is 1.64. The maximum absolute atomic E-state index is 13.1. The second kappa shape index (κ2) is 5.79. The van der Waals surface area contributed by atoms with Gasteiger partial charge in [-0.1, -0.05) is 0 Å². The number of carbonyl (C=O) groups is 1. The van der Waals surface area contributed by atoms with E-state index in [1.807, 2.05) is 11.4 Å². The van der Waals surface area contributed by atoms with Crippen LogP contribution in [0.25, 0.3) is 0 Å². The zero-order chi connectivity index (χ0) is 14.0. The molecule has 0 N–H and O–H groups in total. The molecule has 0 aliphatic heterocycles. The minimum atomic E-state index is -0.754. The summed E-state index contributed by atoms with van der Waals surface area (Å²) in [4.78, 5) is 14.5. The summed E-state index contributed by atoms with van der Waals surface area (Å²) in [6.45, 7) is 0.396. The number of benzene rings is 1. The Bertz CT molecular complexity index is 594. The van der Waals surface area contributed by atoms with E-state index in [4.69, 9.17) is 0 Å². The van der Waals surface area contributed by atoms with Crippen molar-refractivity contribution in [1.82, 2.24) is 4.90 Å². The van der Waals surface area contributed by atoms with E-state index in [0.29, 0.717) is 6.54 Å². The SMILES string of the molecule is CN(Cc1cc(Br)cs1)C(=O)c1cc(F)cc(F)c1. The topological polar surface area (TPSA) is 20.3 Å². The molecule has 0 atom stereocenters. The van der Waals surface area contributed by atoms with Gasteiger partial charge in [0, 0.05) is 33.4 Å². The zero-order valence-corrected chi connectivity index (χ0v) is 12.4. The Morgan fingerprint density at radius 3 is 2.42 bits per heavy atom. The maximum atomic E-state index is 13.1. The lowest BCUT2D eigenvalue weighted by Gasteiger charge is -2.16. The molecule has 1 heterocycles. The molecule has 0 aliphatic carbocycles. The average Bonchev–Trinajstić information content (AvgIpc) is 2.72. The number of carbonyl (C=O) groups excluding carboxylic acids is 1. The molecule has 2 rings (SSSR count). The van der Waals surface area contributed by atoms with Gasteiger partial charge >= 0.3 is 0 Å². The summed E-state index contributed by atoms with van der Waals surface area (Å²) in [5.74, 6) is -1.92. The van der Waals surface area contributed by atoms with E-state index in [0.717, 1.165) is 27.5 Å². The fraction of sp³-hybridized carbons (Fsp3) is 0.154. The molecule has 19 heavy (non-hydrogen) atoms. The Kier molecular flexibility index (Phi) is 4.31. The highest BCUT2D eigenvalue weighted by atomic mass is 79.9. The molecule has 0 saturated heterocycles. The first-order valence-corrected chi connectivity index (χ1v) is 7.07. The van der Waals surface area contributed by atoms with E-state index in [1.54, 1.807) is 7.05 Å². The largest absolute Gasteiger partial charge is 0.337 e. The van der Waals surface area contributed by atoms with Crippen molar-refractivity contribution in [3.05, 3.63) is 56.2 Å². The van der Waals surface area contributed by atoms with E-state index < -0.39 is 17.5 Å². The van der Waals surface area contributed by atoms with Gasteiger partial charge in [-0.2, -0.15) is 0 Å². The van der Waals surface area contributed by atoms with E-state index in [-0.39, 0.29) is 5.56 Å². The fourth-order valence-corrected chi connectivity index (χ4v) is 3.14. The summed E-state index contributed by atoms with van der Waals surface area (Å²) in [5.41, 5.74) is 0.00984. The van der Waals surface area contributed by atoms with Crippen LogP contribution in [0.5, 0.6) is 0 Å². The molecular formula is C13H10BrF2NOS. The molecule has 100 valence electrons. The minimum absolute atomic E-state index is 0.00984. The Labute approximate surface area is 121 Å². The molecule has 1 amide bonds. The lowest BCUT2D eigenvalue weighted by molar-refractivity contribution is 0.0785. The monoisotopic (exact) mass is 345 g/mol. The Balaban J connectivity index is 2.14. The molecule has 0 unspecified atom stereocenters. The van der Waals surface area contributed by atoms with Crippen molar-refractivity contribution in [2.75, 3.05) is 7.05 Å². The van der Waals surface area contributed by atoms with Crippen molar-refractivity contribution < 1.29 is 13.6 Å². The molecule has 2 nitrogen and oxygen atoms in total. The van der Waals surface area contributed by atoms with Crippen LogP contribution in [0.15, 0.2) is 34.1 Å². The maximum Gasteiger partial charge on any atom is 0.254 e. The van der Waals surface area contributed by atoms with Crippen LogP contribution >= 0.6 is 27.3 Å². The Morgan fingerprint density at radius 2 is 1.89 bits per heavy atom. The van der Waals surface area contributed by atoms with Crippen LogP contribution in [-0.4, -0.2) is 17.9 Å². The average molecular weight is 346 g/mol. The van der Waals surface area contributed by atoms with Crippen LogP contribution in [-0.2, 0) is 6.54 Å². The van der Waals surface area contributed by atoms with Crippen molar-refractivity contribution in [2.45, 2.75) is 6.54 Å². The summed E-state index contributed by atoms with van der Waals surface area (Å²) in [5, 5.41) is 1.91. The molecule has 6 heteroatoms. The standard InChI is InChI=1S/C13H10BrF2NOS/c1-17(6-12-4-9(14)7-19-12)13(18)8-2-10(15)5-11(16)3-8/h2-5,7H,6H2,1H3. The molecule has 0 saturated carbocycles. The van der Waals surface area contributed by atoms with Crippen LogP contribution in [0.1, 0.15) is 15.2 Å². The number of amides is 1. The van der Waals surface area contributed by atoms with Crippen LogP contribution in [0.3, 0.4) is 0 Å². The van der Waals surface area contributed by atoms with Gasteiger partial charge in [0.05, 0.1) is 6.54 Å². The highest BCUT2D eigenvalue weighted by molar-refractivity contribution is 9.10. The predicted molar refractivity (Wildman–Crippen MR) is 74.2 cm³/mol. The first-order valence-electron chi connectivity index (χ1n) is 5.40. The van der Waals surface area contributed by atoms with E-state index in [9.17, 15) is 13.6 Å². The van der Waals surface area contributed by atoms with Gasteiger partial charge in [0.25, 0.3) is 5.91 Å². The first kappa shape index (κ1) is 14.1. The number of hydrogen-bond donors (Lipinski definition) is 0. The van der Waals surface area contributed by atoms with Crippen LogP contribution in [0, 0.1) is 11.6 Å². The van der Waals surface area contributed by atoms with Gasteiger partial charge in [-0.15, -0.1) is 11.3 Å². The second-order valence-corrected chi connectivity index (χ2v) is 5.96. The van der Waals surface area contributed by atoms with Crippen molar-refractivity contribution in [2.24, 2.45) is 0 Å². The third kappa shape index (κ3) is 3.61. The third-order valence-electron chi connectivity index (χ3n) is 2.47. The van der Waals surface area contributed by atoms with Crippen molar-refractivity contribution in [3.63, 3.8) is 0 Å². The summed E-state index contributed by atoms with van der Waals surface area (Å²) in [6.07, 6.45) is 0. The molecule has 0 fully saturated rings. The minimum Gasteiger partial charge on any atom is -0.337 e. The summed E-state index contributed by atoms with van der Waals surface area (Å²) in [6, 6.07) is 4.71. The smallest absolute Gasteiger partial charge is 0.254 e. The van der Waals surface area contributed by atoms with Crippen LogP contribution in [0.4, 0.5) is 8.78 Å². The number of halogens is 3. The highest BCUT2D eigenvalue weighted by Gasteiger charge is 2.15. The Hall–Kier alpha value is -1.27. The summed E-state index contributed by atoms with van der Waals surface area (Å²) in [7, 11) is 1.60. The molecule has 0 spiro atoms. The number of hydrogen-bond acceptors (Lipinski definition) is 2. The van der Waals surface area contributed by atoms with Crippen molar-refractivity contribution in [1.29, 1.82) is 0 Å². The number of nitrogens with zero attached hydrogens (tertiary/aromatic N) is 1. The molecule has 2 aromatic rings. The van der Waals surface area contributed by atoms with E-state index in [2.05, 4.69) is 15.9 Å². The van der Waals surface area contributed by atoms with Gasteiger partial charge in [-0.3, -0.25) is 4.79 Å². The molecule has 0 radical (unpaired) electrons. The third-order valence-corrected chi connectivity index (χ3v) is 4.15. The lowest BCUT2D eigenvalue weighted by atomic mass is 10.2. The van der Waals surface area contributed by atoms with Gasteiger partial charge in [0.2, 0.25) is 0 Å². The Morgan fingerprint density at radius 1 is 1.26 bits per heavy atom. The van der Waals surface area contributed by atoms with Crippen LogP contribution in [0.2, 0.25) is 0 Å². The number of rotatable bonds is 3. The van der Waals surface area contributed by atoms with Gasteiger partial charge in [0.15, 0.2) is 0 Å². The van der Waals surface area contributed by atoms with E-state index >= 15 is 0 Å². The van der Waals surface area contributed by atoms with Gasteiger partial charge in [-0.05, 0) is 34.1 Å². The quantitative estimate of drug-likeness (QED) is 0.821. The molecule has 0 bridgehead atoms. The lowest BCUT2D eigenvalue weighted by Crippen LogP contribution is -2.26. The summed E-state index contributed by atoms with van der Waals surface area (Å²) < 4.78 is 27.1. The number of thiophene rings is 1. The van der Waals surface area contributed by atoms with Crippen molar-refractivity contribution >= 4 is 33.2 Å². The second-order valence-electron chi connectivity index (χ2n) is 4.05. The van der Waals surface area contributed by atoms with Gasteiger partial charge in [-0.25, -0.2) is 8.78 Å². The molecule has 0 aliphatic rings. The normalized spacial score (nSPS) is 10.5. The molecular weight excluding hydrogens is 336 g/mol. The van der Waals surface area contributed by atoms with E-state index in [1.165, 1.54) is 16.2 Å². The van der Waals surface area contributed by atoms with Gasteiger partial charge < -0.3 is 4.90 Å². The molecule has 1 aromatic carbocycles. The van der Waals surface area contributed by atoms with Crippen LogP contribution < -0.4 is 0 Å². The van der Waals surface area contributed by atoms with Crippen molar-refractivity contribution in [3.8, 4) is 0 Å². The first-order chi connectivity index (χ1) is 8.95. The predicted octanol–water partition coefficient (Wildman–Crippen LogP) is 4.06. The highest BCUT2D eigenvalue weighted by Crippen LogP contribution is 2.21. The molecule has 1 aromatic heterocycles. The summed E-state index contributed by atoms with van der Waals surface area (Å²) >= 11 is 4.84. The zero-order valence-electron chi connectivity index (χ0n) is 9.99.